The van der Waals surface area contributed by atoms with Gasteiger partial charge in [-0.3, -0.25) is 4.79 Å². The summed E-state index contributed by atoms with van der Waals surface area (Å²) in [6, 6.07) is 0.396. The van der Waals surface area contributed by atoms with E-state index in [2.05, 4.69) is 12.2 Å². The van der Waals surface area contributed by atoms with Gasteiger partial charge in [-0.1, -0.05) is 6.92 Å². The van der Waals surface area contributed by atoms with Crippen LogP contribution in [0.5, 0.6) is 0 Å². The summed E-state index contributed by atoms with van der Waals surface area (Å²) in [5.74, 6) is 0.266. The van der Waals surface area contributed by atoms with Crippen molar-refractivity contribution in [1.82, 2.24) is 10.2 Å². The summed E-state index contributed by atoms with van der Waals surface area (Å²) in [5.41, 5.74) is 0. The highest BCUT2D eigenvalue weighted by molar-refractivity contribution is 5.76. The molecular formula is C8H18N2O. The molecule has 0 spiro atoms. The number of rotatable bonds is 1. The van der Waals surface area contributed by atoms with Crippen LogP contribution in [0.2, 0.25) is 0 Å². The van der Waals surface area contributed by atoms with Gasteiger partial charge in [-0.05, 0) is 6.42 Å². The van der Waals surface area contributed by atoms with Crippen LogP contribution in [0.4, 0.5) is 0 Å². The smallest absolute Gasteiger partial charge is 0.223 e. The molecule has 1 amide bonds. The second-order valence-corrected chi connectivity index (χ2v) is 3.08. The van der Waals surface area contributed by atoms with E-state index >= 15 is 0 Å². The quantitative estimate of drug-likeness (QED) is 0.601. The van der Waals surface area contributed by atoms with E-state index in [1.165, 1.54) is 0 Å². The minimum atomic E-state index is 0. The van der Waals surface area contributed by atoms with Crippen LogP contribution in [-0.4, -0.2) is 37.0 Å². The first-order valence-electron chi connectivity index (χ1n) is 4.21. The number of nitrogens with zero attached hydrogens (tertiary/aromatic N) is 1. The summed E-state index contributed by atoms with van der Waals surface area (Å²) in [7, 11) is 1.86. The second kappa shape index (κ2) is 3.72. The molecule has 0 aliphatic carbocycles. The van der Waals surface area contributed by atoms with Crippen molar-refractivity contribution in [2.24, 2.45) is 0 Å². The lowest BCUT2D eigenvalue weighted by Gasteiger charge is -2.12. The van der Waals surface area contributed by atoms with Gasteiger partial charge in [0, 0.05) is 34.0 Å². The number of hydrogen-bond donors (Lipinski definition) is 1. The van der Waals surface area contributed by atoms with Crippen molar-refractivity contribution in [2.75, 3.05) is 20.1 Å². The molecule has 11 heavy (non-hydrogen) atoms. The van der Waals surface area contributed by atoms with Gasteiger partial charge in [-0.25, -0.2) is 0 Å². The molecule has 3 heteroatoms. The molecule has 0 unspecified atom stereocenters. The molecule has 3 nitrogen and oxygen atoms in total. The first-order valence-corrected chi connectivity index (χ1v) is 4.21. The summed E-state index contributed by atoms with van der Waals surface area (Å²) in [6.45, 7) is 3.88. The van der Waals surface area contributed by atoms with E-state index < -0.39 is 0 Å². The van der Waals surface area contributed by atoms with Crippen LogP contribution in [0.3, 0.4) is 0 Å². The van der Waals surface area contributed by atoms with Crippen LogP contribution >= 0.6 is 0 Å². The van der Waals surface area contributed by atoms with E-state index in [9.17, 15) is 4.79 Å². The Hall–Kier alpha value is -0.570. The van der Waals surface area contributed by atoms with Crippen LogP contribution in [0.1, 0.15) is 21.2 Å². The third kappa shape index (κ3) is 2.19. The summed E-state index contributed by atoms with van der Waals surface area (Å²) < 4.78 is 0. The molecular weight excluding hydrogens is 140 g/mol. The molecule has 1 aliphatic heterocycles. The fourth-order valence-corrected chi connectivity index (χ4v) is 1.29. The standard InChI is InChI=1S/C8H16N2O.H2/c1-3-7-6-8(11)10(2)5-4-9-7;/h7,9H,3-6H2,1-2H3;1H/t7-;/m1./s1. The number of likely N-dealkylation sites (N-methyl/N-ethyl adjacent to an activating group) is 1. The Morgan fingerprint density at radius 3 is 3.18 bits per heavy atom. The van der Waals surface area contributed by atoms with E-state index in [1.54, 1.807) is 4.90 Å². The van der Waals surface area contributed by atoms with Gasteiger partial charge in [0.15, 0.2) is 0 Å². The maximum Gasteiger partial charge on any atom is 0.223 e. The Kier molecular flexibility index (Phi) is 2.88. The lowest BCUT2D eigenvalue weighted by Crippen LogP contribution is -2.29. The highest BCUT2D eigenvalue weighted by atomic mass is 16.2. The fraction of sp³-hybridized carbons (Fsp3) is 0.875. The van der Waals surface area contributed by atoms with Gasteiger partial charge in [0.1, 0.15) is 0 Å². The molecule has 1 rings (SSSR count). The zero-order valence-corrected chi connectivity index (χ0v) is 7.26. The largest absolute Gasteiger partial charge is 0.344 e. The molecule has 1 atom stereocenters. The lowest BCUT2D eigenvalue weighted by molar-refractivity contribution is -0.129. The van der Waals surface area contributed by atoms with Gasteiger partial charge in [-0.15, -0.1) is 0 Å². The van der Waals surface area contributed by atoms with E-state index in [1.807, 2.05) is 7.05 Å². The van der Waals surface area contributed by atoms with Crippen LogP contribution in [0.15, 0.2) is 0 Å². The summed E-state index contributed by atoms with van der Waals surface area (Å²) in [5, 5.41) is 3.33. The first-order chi connectivity index (χ1) is 5.24. The molecule has 66 valence electrons. The van der Waals surface area contributed by atoms with E-state index in [0.29, 0.717) is 12.5 Å². The van der Waals surface area contributed by atoms with Crippen molar-refractivity contribution in [3.8, 4) is 0 Å². The van der Waals surface area contributed by atoms with Gasteiger partial charge in [-0.2, -0.15) is 0 Å². The summed E-state index contributed by atoms with van der Waals surface area (Å²) in [4.78, 5) is 13.1. The van der Waals surface area contributed by atoms with E-state index in [-0.39, 0.29) is 7.33 Å². The predicted octanol–water partition coefficient (Wildman–Crippen LogP) is 0.463. The maximum atomic E-state index is 11.3. The van der Waals surface area contributed by atoms with Gasteiger partial charge >= 0.3 is 0 Å². The van der Waals surface area contributed by atoms with E-state index in [0.717, 1.165) is 19.5 Å². The number of carbonyl (C=O) groups is 1. The second-order valence-electron chi connectivity index (χ2n) is 3.08. The average molecular weight is 158 g/mol. The Morgan fingerprint density at radius 2 is 2.55 bits per heavy atom. The zero-order valence-electron chi connectivity index (χ0n) is 7.26. The highest BCUT2D eigenvalue weighted by Crippen LogP contribution is 2.03. The van der Waals surface area contributed by atoms with Gasteiger partial charge in [0.25, 0.3) is 0 Å². The SMILES string of the molecule is CC[C@@H]1CC(=O)N(C)CCN1.[HH]. The molecule has 0 saturated carbocycles. The topological polar surface area (TPSA) is 32.3 Å². The van der Waals surface area contributed by atoms with Crippen molar-refractivity contribution in [3.05, 3.63) is 0 Å². The average Bonchev–Trinajstić information content (AvgIpc) is 2.15. The number of nitrogens with one attached hydrogen (secondary N) is 1. The molecule has 1 aliphatic rings. The van der Waals surface area contributed by atoms with Crippen LogP contribution in [-0.2, 0) is 4.79 Å². The van der Waals surface area contributed by atoms with Crippen LogP contribution < -0.4 is 5.32 Å². The van der Waals surface area contributed by atoms with Gasteiger partial charge in [0.2, 0.25) is 5.91 Å². The van der Waals surface area contributed by atoms with Crippen molar-refractivity contribution >= 4 is 5.91 Å². The molecule has 0 aromatic heterocycles. The van der Waals surface area contributed by atoms with Crippen molar-refractivity contribution < 1.29 is 6.22 Å². The molecule has 0 aromatic carbocycles. The Bertz CT molecular complexity index is 152. The minimum Gasteiger partial charge on any atom is -0.344 e. The highest BCUT2D eigenvalue weighted by Gasteiger charge is 2.18. The Labute approximate surface area is 69.2 Å². The fourth-order valence-electron chi connectivity index (χ4n) is 1.29. The van der Waals surface area contributed by atoms with Gasteiger partial charge < -0.3 is 10.2 Å². The monoisotopic (exact) mass is 158 g/mol. The zero-order chi connectivity index (χ0) is 8.27. The Balaban J connectivity index is 0.00000121. The summed E-state index contributed by atoms with van der Waals surface area (Å²) >= 11 is 0. The number of amides is 1. The third-order valence-corrected chi connectivity index (χ3v) is 2.22. The lowest BCUT2D eigenvalue weighted by atomic mass is 10.1. The molecule has 0 bridgehead atoms. The molecule has 1 heterocycles. The normalized spacial score (nSPS) is 26.9. The minimum absolute atomic E-state index is 0. The maximum absolute atomic E-state index is 11.3. The van der Waals surface area contributed by atoms with Crippen molar-refractivity contribution in [3.63, 3.8) is 0 Å². The number of hydrogen-bond acceptors (Lipinski definition) is 2. The van der Waals surface area contributed by atoms with Crippen LogP contribution in [0.25, 0.3) is 0 Å². The summed E-state index contributed by atoms with van der Waals surface area (Å²) in [6.07, 6.45) is 1.70. The van der Waals surface area contributed by atoms with Gasteiger partial charge in [0.05, 0.1) is 0 Å². The molecule has 0 radical (unpaired) electrons. The number of carbonyl (C=O) groups excluding carboxylic acids is 1. The van der Waals surface area contributed by atoms with Crippen molar-refractivity contribution in [1.29, 1.82) is 0 Å². The molecule has 1 saturated heterocycles. The predicted molar refractivity (Wildman–Crippen MR) is 46.4 cm³/mol. The molecule has 0 aromatic rings. The van der Waals surface area contributed by atoms with Crippen molar-refractivity contribution in [2.45, 2.75) is 25.8 Å². The molecule has 1 N–H and O–H groups in total. The molecule has 1 fully saturated rings. The Morgan fingerprint density at radius 1 is 1.82 bits per heavy atom. The van der Waals surface area contributed by atoms with E-state index in [4.69, 9.17) is 0 Å². The first kappa shape index (κ1) is 8.53. The third-order valence-electron chi connectivity index (χ3n) is 2.22. The van der Waals surface area contributed by atoms with Crippen LogP contribution in [0, 0.1) is 0 Å².